The number of Topliss-reactive ketones (excluding diaryl/α,β-unsaturated/α-hetero) is 1. The van der Waals surface area contributed by atoms with E-state index in [0.717, 1.165) is 16.8 Å². The molecule has 1 spiro atoms. The number of rotatable bonds is 2. The second-order valence-corrected chi connectivity index (χ2v) is 9.56. The molecule has 1 aromatic carbocycles. The fourth-order valence-corrected chi connectivity index (χ4v) is 4.02. The maximum absolute atomic E-state index is 12.2. The highest BCUT2D eigenvalue weighted by Gasteiger charge is 2.44. The highest BCUT2D eigenvalue weighted by molar-refractivity contribution is 6.46. The zero-order valence-corrected chi connectivity index (χ0v) is 20.5. The number of hydrogen-bond acceptors (Lipinski definition) is 7. The molecule has 0 saturated heterocycles. The summed E-state index contributed by atoms with van der Waals surface area (Å²) < 4.78 is 5.18. The molecule has 1 amide bonds. The van der Waals surface area contributed by atoms with Gasteiger partial charge in [0.1, 0.15) is 11.1 Å². The molecule has 1 atom stereocenters. The van der Waals surface area contributed by atoms with Gasteiger partial charge in [-0.25, -0.2) is 9.79 Å². The van der Waals surface area contributed by atoms with Crippen molar-refractivity contribution in [2.45, 2.75) is 38.3 Å². The molecule has 1 aromatic rings. The lowest BCUT2D eigenvalue weighted by Gasteiger charge is -2.35. The smallest absolute Gasteiger partial charge is 0.408 e. The summed E-state index contributed by atoms with van der Waals surface area (Å²) in [6.45, 7) is 5.68. The number of anilines is 1. The molecule has 3 N–H and O–H groups in total. The lowest BCUT2D eigenvalue weighted by atomic mass is 9.80. The first-order valence-electron chi connectivity index (χ1n) is 11.2. The first-order valence-corrected chi connectivity index (χ1v) is 11.5. The number of alkyl carbamates (subject to hydrolysis) is 1. The maximum atomic E-state index is 12.2. The molecule has 8 nitrogen and oxygen atoms in total. The summed E-state index contributed by atoms with van der Waals surface area (Å²) in [7, 11) is 0. The second-order valence-electron chi connectivity index (χ2n) is 9.15. The Morgan fingerprint density at radius 3 is 2.80 bits per heavy atom. The number of guanidine groups is 1. The van der Waals surface area contributed by atoms with Gasteiger partial charge in [-0.1, -0.05) is 29.5 Å². The molecule has 0 radical (unpaired) electrons. The van der Waals surface area contributed by atoms with Gasteiger partial charge in [0.05, 0.1) is 23.8 Å². The van der Waals surface area contributed by atoms with Crippen molar-refractivity contribution in [3.63, 3.8) is 0 Å². The van der Waals surface area contributed by atoms with Crippen LogP contribution in [0, 0.1) is 11.8 Å². The Balaban J connectivity index is 1.43. The molecule has 180 valence electrons. The van der Waals surface area contributed by atoms with Crippen molar-refractivity contribution >= 4 is 40.8 Å². The van der Waals surface area contributed by atoms with Crippen molar-refractivity contribution in [2.75, 3.05) is 18.4 Å². The molecule has 35 heavy (non-hydrogen) atoms. The van der Waals surface area contributed by atoms with Crippen LogP contribution in [0.3, 0.4) is 0 Å². The van der Waals surface area contributed by atoms with E-state index in [-0.39, 0.29) is 25.3 Å². The fraction of sp³-hybridized carbons (Fsp3) is 0.308. The van der Waals surface area contributed by atoms with Gasteiger partial charge in [-0.2, -0.15) is 0 Å². The van der Waals surface area contributed by atoms with Crippen LogP contribution in [0.1, 0.15) is 32.8 Å². The quantitative estimate of drug-likeness (QED) is 0.548. The van der Waals surface area contributed by atoms with Gasteiger partial charge >= 0.3 is 6.09 Å². The number of nitrogens with one attached hydrogen (secondary N) is 3. The number of ketones is 1. The van der Waals surface area contributed by atoms with Crippen LogP contribution in [0.25, 0.3) is 0 Å². The van der Waals surface area contributed by atoms with E-state index in [2.05, 4.69) is 32.8 Å². The average molecular weight is 492 g/mol. The minimum absolute atomic E-state index is 0.0155. The number of halogens is 1. The summed E-state index contributed by atoms with van der Waals surface area (Å²) in [6, 6.07) is 7.48. The predicted octanol–water partition coefficient (Wildman–Crippen LogP) is 3.66. The summed E-state index contributed by atoms with van der Waals surface area (Å²) in [5.41, 5.74) is 1.52. The molecule has 0 aromatic heterocycles. The molecule has 0 saturated carbocycles. The van der Waals surface area contributed by atoms with E-state index in [0.29, 0.717) is 16.7 Å². The van der Waals surface area contributed by atoms with E-state index in [1.54, 1.807) is 33.0 Å². The molecule has 0 fully saturated rings. The van der Waals surface area contributed by atoms with Crippen LogP contribution in [0.4, 0.5) is 10.5 Å². The Morgan fingerprint density at radius 1 is 1.29 bits per heavy atom. The van der Waals surface area contributed by atoms with Crippen molar-refractivity contribution in [1.82, 2.24) is 10.6 Å². The summed E-state index contributed by atoms with van der Waals surface area (Å²) in [4.78, 5) is 33.2. The molecule has 2 heterocycles. The van der Waals surface area contributed by atoms with Gasteiger partial charge in [-0.15, -0.1) is 0 Å². The normalized spacial score (nSPS) is 20.7. The number of aliphatic imine (C=N–C) groups is 2. The van der Waals surface area contributed by atoms with Gasteiger partial charge < -0.3 is 20.7 Å². The SMILES string of the molecule is CC(C)(C)OC(=O)NCC#Cc1ccc(NC2=NC34C=CC=C(Cl)C3=NCC(=O)CC4=CN2)cc1. The number of allylic oxidation sites excluding steroid dienone is 2. The van der Waals surface area contributed by atoms with Crippen LogP contribution < -0.4 is 16.0 Å². The molecule has 9 heteroatoms. The third kappa shape index (κ3) is 5.81. The number of ether oxygens (including phenoxy) is 1. The highest BCUT2D eigenvalue weighted by Crippen LogP contribution is 2.38. The highest BCUT2D eigenvalue weighted by atomic mass is 35.5. The zero-order chi connectivity index (χ0) is 25.1. The minimum atomic E-state index is -0.905. The van der Waals surface area contributed by atoms with E-state index < -0.39 is 17.2 Å². The van der Waals surface area contributed by atoms with Gasteiger partial charge in [0.2, 0.25) is 5.96 Å². The van der Waals surface area contributed by atoms with Crippen LogP contribution in [0.15, 0.2) is 69.3 Å². The van der Waals surface area contributed by atoms with Gasteiger partial charge in [0, 0.05) is 23.9 Å². The van der Waals surface area contributed by atoms with E-state index in [4.69, 9.17) is 21.3 Å². The number of benzene rings is 1. The van der Waals surface area contributed by atoms with E-state index in [1.807, 2.05) is 36.4 Å². The third-order valence-corrected chi connectivity index (χ3v) is 5.53. The predicted molar refractivity (Wildman–Crippen MR) is 138 cm³/mol. The maximum Gasteiger partial charge on any atom is 0.408 e. The number of amides is 1. The molecule has 1 aliphatic carbocycles. The topological polar surface area (TPSA) is 104 Å². The van der Waals surface area contributed by atoms with Crippen molar-refractivity contribution in [3.05, 3.63) is 64.9 Å². The molecule has 3 aliphatic rings. The molecular weight excluding hydrogens is 466 g/mol. The first kappa shape index (κ1) is 24.3. The van der Waals surface area contributed by atoms with Gasteiger partial charge in [-0.3, -0.25) is 9.79 Å². The average Bonchev–Trinajstić information content (AvgIpc) is 2.93. The van der Waals surface area contributed by atoms with Crippen molar-refractivity contribution in [3.8, 4) is 11.8 Å². The molecule has 4 rings (SSSR count). The lowest BCUT2D eigenvalue weighted by molar-refractivity contribution is -0.117. The van der Waals surface area contributed by atoms with E-state index >= 15 is 0 Å². The van der Waals surface area contributed by atoms with Crippen molar-refractivity contribution < 1.29 is 14.3 Å². The summed E-state index contributed by atoms with van der Waals surface area (Å²) in [5.74, 6) is 6.43. The largest absolute Gasteiger partial charge is 0.444 e. The fourth-order valence-electron chi connectivity index (χ4n) is 3.74. The van der Waals surface area contributed by atoms with Crippen LogP contribution >= 0.6 is 11.6 Å². The molecular formula is C26H26ClN5O3. The lowest BCUT2D eigenvalue weighted by Crippen LogP contribution is -2.46. The summed E-state index contributed by atoms with van der Waals surface area (Å²) in [6.07, 6.45) is 7.05. The number of nitrogens with zero attached hydrogens (tertiary/aromatic N) is 2. The monoisotopic (exact) mass is 491 g/mol. The summed E-state index contributed by atoms with van der Waals surface area (Å²) >= 11 is 6.44. The van der Waals surface area contributed by atoms with E-state index in [9.17, 15) is 9.59 Å². The van der Waals surface area contributed by atoms with E-state index in [1.165, 1.54) is 0 Å². The van der Waals surface area contributed by atoms with Gasteiger partial charge in [-0.05, 0) is 62.8 Å². The van der Waals surface area contributed by atoms with Gasteiger partial charge in [0.15, 0.2) is 5.78 Å². The number of carbonyl (C=O) groups excluding carboxylic acids is 2. The molecule has 0 bridgehead atoms. The zero-order valence-electron chi connectivity index (χ0n) is 19.7. The first-order chi connectivity index (χ1) is 16.6. The molecule has 1 unspecified atom stereocenters. The van der Waals surface area contributed by atoms with Gasteiger partial charge in [0.25, 0.3) is 0 Å². The standard InChI is InChI=1S/C26H26ClN5O3/c1-25(2,3)35-24(34)28-13-5-6-17-8-10-19(11-9-17)31-23-30-15-18-14-20(33)16-29-22-21(27)7-4-12-26(18,22)32-23/h4,7-12,15H,13-14,16H2,1-3H3,(H,28,34)(H2,30,31,32). The Labute approximate surface area is 209 Å². The van der Waals surface area contributed by atoms with Crippen LogP contribution in [-0.2, 0) is 9.53 Å². The molecule has 2 aliphatic heterocycles. The van der Waals surface area contributed by atoms with Crippen LogP contribution in [-0.4, -0.2) is 47.8 Å². The summed E-state index contributed by atoms with van der Waals surface area (Å²) in [5, 5.41) is 9.47. The number of hydrogen-bond donors (Lipinski definition) is 3. The Bertz CT molecular complexity index is 1260. The Kier molecular flexibility index (Phi) is 6.81. The second kappa shape index (κ2) is 9.80. The minimum Gasteiger partial charge on any atom is -0.444 e. The van der Waals surface area contributed by atoms with Crippen LogP contribution in [0.2, 0.25) is 0 Å². The van der Waals surface area contributed by atoms with Crippen molar-refractivity contribution in [1.29, 1.82) is 0 Å². The third-order valence-electron chi connectivity index (χ3n) is 5.23. The Hall–Kier alpha value is -3.83. The Morgan fingerprint density at radius 2 is 2.06 bits per heavy atom. The van der Waals surface area contributed by atoms with Crippen molar-refractivity contribution in [2.24, 2.45) is 9.98 Å². The van der Waals surface area contributed by atoms with Crippen LogP contribution in [0.5, 0.6) is 0 Å². The number of carbonyl (C=O) groups is 2.